The van der Waals surface area contributed by atoms with Gasteiger partial charge >= 0.3 is 11.9 Å². The van der Waals surface area contributed by atoms with Gasteiger partial charge < -0.3 is 27.8 Å². The zero-order valence-corrected chi connectivity index (χ0v) is 22.8. The number of carbonyl (C=O) groups excluding carboxylic acids is 2. The van der Waals surface area contributed by atoms with E-state index in [1.54, 1.807) is 24.3 Å². The maximum absolute atomic E-state index is 13.2. The van der Waals surface area contributed by atoms with Crippen molar-refractivity contribution in [1.82, 2.24) is 0 Å². The maximum Gasteiger partial charge on any atom is 0.305 e. The number of esters is 2. The fourth-order valence-electron chi connectivity index (χ4n) is 4.66. The standard InChI is InChI=1S/C30H30O10/c1-35-25(33)9-5-7-17-15-21(31)27-23(39-17)13-11-19(29(27)37-3)20-12-14-24-28(30(20)38-4)22(32)16-18(40-24)8-6-10-26(34)36-2/h11-16H,5-10H2,1-4H3. The third-order valence-corrected chi connectivity index (χ3v) is 6.56. The highest BCUT2D eigenvalue weighted by molar-refractivity contribution is 5.98. The van der Waals surface area contributed by atoms with Crippen LogP contribution in [0.5, 0.6) is 11.5 Å². The van der Waals surface area contributed by atoms with Gasteiger partial charge in [-0.2, -0.15) is 0 Å². The molecule has 0 bridgehead atoms. The van der Waals surface area contributed by atoms with Crippen LogP contribution in [0.25, 0.3) is 33.1 Å². The maximum atomic E-state index is 13.2. The van der Waals surface area contributed by atoms with Crippen LogP contribution in [0.2, 0.25) is 0 Å². The molecule has 4 aromatic rings. The minimum atomic E-state index is -0.331. The summed E-state index contributed by atoms with van der Waals surface area (Å²) in [7, 11) is 5.55. The van der Waals surface area contributed by atoms with Crippen LogP contribution < -0.4 is 20.3 Å². The number of fused-ring (bicyclic) bond motifs is 2. The van der Waals surface area contributed by atoms with Gasteiger partial charge in [-0.25, -0.2) is 0 Å². The highest BCUT2D eigenvalue weighted by atomic mass is 16.5. The number of rotatable bonds is 11. The first-order chi connectivity index (χ1) is 19.3. The Morgan fingerprint density at radius 1 is 0.650 bits per heavy atom. The van der Waals surface area contributed by atoms with Crippen LogP contribution in [-0.4, -0.2) is 40.4 Å². The molecule has 0 atom stereocenters. The number of hydrogen-bond donors (Lipinski definition) is 0. The van der Waals surface area contributed by atoms with Gasteiger partial charge in [-0.15, -0.1) is 0 Å². The lowest BCUT2D eigenvalue weighted by atomic mass is 9.98. The highest BCUT2D eigenvalue weighted by Gasteiger charge is 2.21. The van der Waals surface area contributed by atoms with Crippen LogP contribution in [0.3, 0.4) is 0 Å². The van der Waals surface area contributed by atoms with Gasteiger partial charge in [-0.1, -0.05) is 0 Å². The first-order valence-corrected chi connectivity index (χ1v) is 12.7. The molecule has 0 saturated carbocycles. The Kier molecular flexibility index (Phi) is 8.88. The fraction of sp³-hybridized carbons (Fsp3) is 0.333. The van der Waals surface area contributed by atoms with Gasteiger partial charge in [0, 0.05) is 48.9 Å². The number of methoxy groups -OCH3 is 4. The fourth-order valence-corrected chi connectivity index (χ4v) is 4.66. The Bertz CT molecular complexity index is 1550. The van der Waals surface area contributed by atoms with E-state index in [1.807, 2.05) is 0 Å². The smallest absolute Gasteiger partial charge is 0.305 e. The number of hydrogen-bond acceptors (Lipinski definition) is 10. The van der Waals surface area contributed by atoms with Crippen LogP contribution in [0.4, 0.5) is 0 Å². The van der Waals surface area contributed by atoms with E-state index in [9.17, 15) is 19.2 Å². The lowest BCUT2D eigenvalue weighted by molar-refractivity contribution is -0.141. The Labute approximate surface area is 229 Å². The SMILES string of the molecule is COC(=O)CCCc1cc(=O)c2c(OC)c(-c3ccc4oc(CCCC(=O)OC)cc(=O)c4c3OC)ccc2o1. The second-order valence-corrected chi connectivity index (χ2v) is 9.05. The molecule has 0 amide bonds. The molecular formula is C30H30O10. The van der Waals surface area contributed by atoms with E-state index in [0.29, 0.717) is 59.5 Å². The number of carbonyl (C=O) groups is 2. The first kappa shape index (κ1) is 28.4. The van der Waals surface area contributed by atoms with Gasteiger partial charge in [0.05, 0.1) is 28.4 Å². The molecule has 0 N–H and O–H groups in total. The van der Waals surface area contributed by atoms with Gasteiger partial charge in [-0.3, -0.25) is 19.2 Å². The van der Waals surface area contributed by atoms with Gasteiger partial charge in [0.15, 0.2) is 10.9 Å². The van der Waals surface area contributed by atoms with Crippen molar-refractivity contribution in [3.05, 3.63) is 68.4 Å². The third-order valence-electron chi connectivity index (χ3n) is 6.56. The number of aryl methyl sites for hydroxylation is 2. The average molecular weight is 551 g/mol. The Morgan fingerprint density at radius 2 is 1.05 bits per heavy atom. The summed E-state index contributed by atoms with van der Waals surface area (Å²) in [6, 6.07) is 9.56. The molecule has 0 spiro atoms. The van der Waals surface area contributed by atoms with Crippen molar-refractivity contribution in [3.8, 4) is 22.6 Å². The van der Waals surface area contributed by atoms with Crippen molar-refractivity contribution >= 4 is 33.9 Å². The summed E-state index contributed by atoms with van der Waals surface area (Å²) in [6.45, 7) is 0. The molecule has 40 heavy (non-hydrogen) atoms. The molecule has 10 nitrogen and oxygen atoms in total. The van der Waals surface area contributed by atoms with E-state index in [0.717, 1.165) is 0 Å². The van der Waals surface area contributed by atoms with E-state index in [4.69, 9.17) is 18.3 Å². The topological polar surface area (TPSA) is 131 Å². The van der Waals surface area contributed by atoms with Crippen molar-refractivity contribution in [3.63, 3.8) is 0 Å². The second kappa shape index (κ2) is 12.5. The van der Waals surface area contributed by atoms with E-state index < -0.39 is 0 Å². The zero-order valence-electron chi connectivity index (χ0n) is 22.8. The Balaban J connectivity index is 1.75. The molecule has 2 aromatic carbocycles. The summed E-state index contributed by atoms with van der Waals surface area (Å²) in [6.07, 6.45) is 2.16. The van der Waals surface area contributed by atoms with Crippen LogP contribution in [0, 0.1) is 0 Å². The molecule has 0 unspecified atom stereocenters. The molecule has 2 heterocycles. The summed E-state index contributed by atoms with van der Waals surface area (Å²) in [5, 5.41) is 0.485. The molecule has 0 aliphatic carbocycles. The molecule has 0 saturated heterocycles. The molecular weight excluding hydrogens is 520 g/mol. The minimum absolute atomic E-state index is 0.214. The lowest BCUT2D eigenvalue weighted by Gasteiger charge is -2.16. The monoisotopic (exact) mass is 550 g/mol. The van der Waals surface area contributed by atoms with E-state index in [-0.39, 0.29) is 57.9 Å². The molecule has 0 aliphatic rings. The molecule has 0 fully saturated rings. The van der Waals surface area contributed by atoms with Gasteiger partial charge in [0.2, 0.25) is 0 Å². The molecule has 0 aliphatic heterocycles. The van der Waals surface area contributed by atoms with E-state index in [2.05, 4.69) is 9.47 Å². The minimum Gasteiger partial charge on any atom is -0.495 e. The van der Waals surface area contributed by atoms with Crippen molar-refractivity contribution in [2.24, 2.45) is 0 Å². The largest absolute Gasteiger partial charge is 0.495 e. The predicted molar refractivity (Wildman–Crippen MR) is 147 cm³/mol. The van der Waals surface area contributed by atoms with Crippen LogP contribution in [0.15, 0.2) is 54.8 Å². The van der Waals surface area contributed by atoms with Crippen molar-refractivity contribution in [1.29, 1.82) is 0 Å². The average Bonchev–Trinajstić information content (AvgIpc) is 2.95. The van der Waals surface area contributed by atoms with Gasteiger partial charge in [0.1, 0.15) is 45.0 Å². The summed E-state index contributed by atoms with van der Waals surface area (Å²) in [5.74, 6) is 0.770. The highest BCUT2D eigenvalue weighted by Crippen LogP contribution is 2.42. The van der Waals surface area contributed by atoms with E-state index in [1.165, 1.54) is 40.6 Å². The summed E-state index contributed by atoms with van der Waals surface area (Å²) in [5.41, 5.74) is 1.11. The Hall–Kier alpha value is -4.60. The lowest BCUT2D eigenvalue weighted by Crippen LogP contribution is -2.08. The van der Waals surface area contributed by atoms with Crippen LogP contribution >= 0.6 is 0 Å². The summed E-state index contributed by atoms with van der Waals surface area (Å²) >= 11 is 0. The van der Waals surface area contributed by atoms with E-state index >= 15 is 0 Å². The predicted octanol–water partition coefficient (Wildman–Crippen LogP) is 4.58. The molecule has 2 aromatic heterocycles. The molecule has 0 radical (unpaired) electrons. The van der Waals surface area contributed by atoms with Crippen LogP contribution in [0.1, 0.15) is 37.2 Å². The van der Waals surface area contributed by atoms with Crippen LogP contribution in [-0.2, 0) is 31.9 Å². The molecule has 4 rings (SSSR count). The second-order valence-electron chi connectivity index (χ2n) is 9.05. The quantitative estimate of drug-likeness (QED) is 0.245. The summed E-state index contributed by atoms with van der Waals surface area (Å²) in [4.78, 5) is 49.1. The number of ether oxygens (including phenoxy) is 4. The molecule has 210 valence electrons. The Morgan fingerprint density at radius 3 is 1.40 bits per heavy atom. The van der Waals surface area contributed by atoms with Gasteiger partial charge in [0.25, 0.3) is 0 Å². The molecule has 10 heteroatoms. The summed E-state index contributed by atoms with van der Waals surface area (Å²) < 4.78 is 32.6. The van der Waals surface area contributed by atoms with Gasteiger partial charge in [-0.05, 0) is 37.1 Å². The zero-order chi connectivity index (χ0) is 28.8. The van der Waals surface area contributed by atoms with Crippen molar-refractivity contribution < 1.29 is 37.4 Å². The third kappa shape index (κ3) is 5.85. The first-order valence-electron chi connectivity index (χ1n) is 12.7. The van der Waals surface area contributed by atoms with Crippen molar-refractivity contribution in [2.45, 2.75) is 38.5 Å². The van der Waals surface area contributed by atoms with Crippen molar-refractivity contribution in [2.75, 3.05) is 28.4 Å². The normalized spacial score (nSPS) is 11.0. The number of benzene rings is 2.